The highest BCUT2D eigenvalue weighted by atomic mass is 35.5. The zero-order valence-electron chi connectivity index (χ0n) is 12.3. The number of anilines is 1. The number of carboxylic acids is 1. The minimum atomic E-state index is -1.16. The molecule has 0 spiro atoms. The monoisotopic (exact) mass is 384 g/mol. The number of aliphatic carboxylic acids is 1. The number of ether oxygens (including phenoxy) is 1. The predicted octanol–water partition coefficient (Wildman–Crippen LogP) is 3.21. The van der Waals surface area contributed by atoms with Crippen LogP contribution in [0.2, 0.25) is 10.0 Å². The standard InChI is InChI=1S/C14H10Cl2N4O5/c15-10-3-8(4-11(16)14(10)25-7-13(21)22)5-18-19-12-2-1-9(6-17-12)20(23)24/h1-6H,7H2,(H,17,19)(H,21,22)/b18-5+. The van der Waals surface area contributed by atoms with E-state index in [0.29, 0.717) is 11.4 Å². The van der Waals surface area contributed by atoms with Gasteiger partial charge >= 0.3 is 5.97 Å². The van der Waals surface area contributed by atoms with E-state index >= 15 is 0 Å². The van der Waals surface area contributed by atoms with Crippen molar-refractivity contribution in [1.29, 1.82) is 0 Å². The van der Waals surface area contributed by atoms with Crippen LogP contribution < -0.4 is 10.2 Å². The van der Waals surface area contributed by atoms with Gasteiger partial charge in [0.2, 0.25) is 0 Å². The molecule has 11 heteroatoms. The van der Waals surface area contributed by atoms with Gasteiger partial charge in [0.25, 0.3) is 5.69 Å². The Morgan fingerprint density at radius 3 is 2.60 bits per heavy atom. The van der Waals surface area contributed by atoms with Crippen molar-refractivity contribution in [2.24, 2.45) is 5.10 Å². The highest BCUT2D eigenvalue weighted by molar-refractivity contribution is 6.37. The number of nitrogens with one attached hydrogen (secondary N) is 1. The fourth-order valence-corrected chi connectivity index (χ4v) is 2.27. The third-order valence-corrected chi connectivity index (χ3v) is 3.27. The molecule has 0 unspecified atom stereocenters. The van der Waals surface area contributed by atoms with Crippen LogP contribution in [-0.4, -0.2) is 33.8 Å². The van der Waals surface area contributed by atoms with Crippen molar-refractivity contribution in [3.05, 3.63) is 56.2 Å². The van der Waals surface area contributed by atoms with Gasteiger partial charge < -0.3 is 9.84 Å². The normalized spacial score (nSPS) is 10.6. The van der Waals surface area contributed by atoms with Gasteiger partial charge in [0.1, 0.15) is 12.0 Å². The molecule has 0 aliphatic carbocycles. The average Bonchev–Trinajstić information content (AvgIpc) is 2.54. The van der Waals surface area contributed by atoms with Crippen LogP contribution in [0.1, 0.15) is 5.56 Å². The number of nitrogens with zero attached hydrogens (tertiary/aromatic N) is 3. The zero-order valence-corrected chi connectivity index (χ0v) is 13.9. The first kappa shape index (κ1) is 18.4. The van der Waals surface area contributed by atoms with Gasteiger partial charge in [0.15, 0.2) is 12.4 Å². The Labute approximate surface area is 151 Å². The van der Waals surface area contributed by atoms with Crippen LogP contribution in [-0.2, 0) is 4.79 Å². The summed E-state index contributed by atoms with van der Waals surface area (Å²) in [5.74, 6) is -0.786. The third-order valence-electron chi connectivity index (χ3n) is 2.71. The van der Waals surface area contributed by atoms with Crippen LogP contribution in [0.25, 0.3) is 0 Å². The van der Waals surface area contributed by atoms with Gasteiger partial charge in [-0.3, -0.25) is 15.5 Å². The van der Waals surface area contributed by atoms with Gasteiger partial charge in [-0.05, 0) is 23.8 Å². The molecular weight excluding hydrogens is 375 g/mol. The fourth-order valence-electron chi connectivity index (χ4n) is 1.66. The summed E-state index contributed by atoms with van der Waals surface area (Å²) in [4.78, 5) is 24.3. The average molecular weight is 385 g/mol. The van der Waals surface area contributed by atoms with E-state index in [1.807, 2.05) is 0 Å². The summed E-state index contributed by atoms with van der Waals surface area (Å²) in [7, 11) is 0. The predicted molar refractivity (Wildman–Crippen MR) is 91.7 cm³/mol. The first-order valence-electron chi connectivity index (χ1n) is 6.60. The Balaban J connectivity index is 2.05. The van der Waals surface area contributed by atoms with Crippen molar-refractivity contribution in [3.8, 4) is 5.75 Å². The SMILES string of the molecule is O=C(O)COc1c(Cl)cc(/C=N/Nc2ccc([N+](=O)[O-])cn2)cc1Cl. The number of carbonyl (C=O) groups is 1. The van der Waals surface area contributed by atoms with Gasteiger partial charge in [0.05, 0.1) is 21.2 Å². The molecule has 2 aromatic rings. The summed E-state index contributed by atoms with van der Waals surface area (Å²) >= 11 is 12.0. The van der Waals surface area contributed by atoms with E-state index < -0.39 is 17.5 Å². The van der Waals surface area contributed by atoms with E-state index in [1.165, 1.54) is 30.5 Å². The smallest absolute Gasteiger partial charge is 0.341 e. The minimum absolute atomic E-state index is 0.0629. The van der Waals surface area contributed by atoms with E-state index in [-0.39, 0.29) is 21.5 Å². The van der Waals surface area contributed by atoms with Crippen LogP contribution in [0.3, 0.4) is 0 Å². The zero-order chi connectivity index (χ0) is 18.4. The number of benzene rings is 1. The summed E-state index contributed by atoms with van der Waals surface area (Å²) in [6.45, 7) is -0.569. The Morgan fingerprint density at radius 1 is 1.40 bits per heavy atom. The number of hydrogen-bond donors (Lipinski definition) is 2. The molecular formula is C14H10Cl2N4O5. The van der Waals surface area contributed by atoms with E-state index in [4.69, 9.17) is 33.0 Å². The van der Waals surface area contributed by atoms with Crippen LogP contribution in [0.5, 0.6) is 5.75 Å². The van der Waals surface area contributed by atoms with E-state index in [1.54, 1.807) is 0 Å². The molecule has 2 rings (SSSR count). The van der Waals surface area contributed by atoms with E-state index in [2.05, 4.69) is 15.5 Å². The number of rotatable bonds is 7. The molecule has 25 heavy (non-hydrogen) atoms. The summed E-state index contributed by atoms with van der Waals surface area (Å²) in [5, 5.41) is 23.3. The number of nitro groups is 1. The lowest BCUT2D eigenvalue weighted by Crippen LogP contribution is -2.10. The second kappa shape index (κ2) is 8.27. The summed E-state index contributed by atoms with van der Waals surface area (Å²) < 4.78 is 5.00. The van der Waals surface area contributed by atoms with E-state index in [9.17, 15) is 14.9 Å². The molecule has 0 saturated carbocycles. The highest BCUT2D eigenvalue weighted by Crippen LogP contribution is 2.33. The maximum Gasteiger partial charge on any atom is 0.341 e. The summed E-state index contributed by atoms with van der Waals surface area (Å²) in [6.07, 6.45) is 2.49. The minimum Gasteiger partial charge on any atom is -0.479 e. The number of hydrogen-bond acceptors (Lipinski definition) is 7. The van der Waals surface area contributed by atoms with Crippen molar-refractivity contribution >= 4 is 46.9 Å². The van der Waals surface area contributed by atoms with Crippen molar-refractivity contribution in [1.82, 2.24) is 4.98 Å². The molecule has 1 aromatic heterocycles. The number of hydrazone groups is 1. The molecule has 130 valence electrons. The lowest BCUT2D eigenvalue weighted by Gasteiger charge is -2.08. The van der Waals surface area contributed by atoms with Crippen molar-refractivity contribution in [2.45, 2.75) is 0 Å². The molecule has 0 aliphatic rings. The van der Waals surface area contributed by atoms with Gasteiger partial charge in [-0.2, -0.15) is 5.10 Å². The van der Waals surface area contributed by atoms with Crippen LogP contribution in [0.15, 0.2) is 35.6 Å². The molecule has 0 saturated heterocycles. The second-order valence-corrected chi connectivity index (χ2v) is 5.34. The van der Waals surface area contributed by atoms with Crippen LogP contribution in [0, 0.1) is 10.1 Å². The first-order chi connectivity index (χ1) is 11.9. The number of halogens is 2. The van der Waals surface area contributed by atoms with Crippen LogP contribution >= 0.6 is 23.2 Å². The first-order valence-corrected chi connectivity index (χ1v) is 7.35. The Bertz CT molecular complexity index is 803. The molecule has 0 atom stereocenters. The van der Waals surface area contributed by atoms with Gasteiger partial charge in [-0.25, -0.2) is 9.78 Å². The molecule has 1 aromatic carbocycles. The number of pyridine rings is 1. The molecule has 0 bridgehead atoms. The second-order valence-electron chi connectivity index (χ2n) is 4.52. The fraction of sp³-hybridized carbons (Fsp3) is 0.0714. The Hall–Kier alpha value is -2.91. The highest BCUT2D eigenvalue weighted by Gasteiger charge is 2.11. The number of carboxylic acid groups (broad SMARTS) is 1. The quantitative estimate of drug-likeness (QED) is 0.426. The molecule has 1 heterocycles. The molecule has 0 amide bonds. The molecule has 0 radical (unpaired) electrons. The van der Waals surface area contributed by atoms with Gasteiger partial charge in [0, 0.05) is 6.07 Å². The third kappa shape index (κ3) is 5.30. The Morgan fingerprint density at radius 2 is 2.08 bits per heavy atom. The summed E-state index contributed by atoms with van der Waals surface area (Å²) in [6, 6.07) is 5.66. The lowest BCUT2D eigenvalue weighted by atomic mass is 10.2. The van der Waals surface area contributed by atoms with Crippen LogP contribution in [0.4, 0.5) is 11.5 Å². The maximum atomic E-state index is 10.5. The van der Waals surface area contributed by atoms with Crippen molar-refractivity contribution in [3.63, 3.8) is 0 Å². The molecule has 0 aliphatic heterocycles. The molecule has 2 N–H and O–H groups in total. The molecule has 9 nitrogen and oxygen atoms in total. The number of aromatic nitrogens is 1. The van der Waals surface area contributed by atoms with Gasteiger partial charge in [-0.1, -0.05) is 23.2 Å². The summed E-state index contributed by atoms with van der Waals surface area (Å²) in [5.41, 5.74) is 2.98. The van der Waals surface area contributed by atoms with Crippen molar-refractivity contribution < 1.29 is 19.6 Å². The largest absolute Gasteiger partial charge is 0.479 e. The van der Waals surface area contributed by atoms with Crippen molar-refractivity contribution in [2.75, 3.05) is 12.0 Å². The molecule has 0 fully saturated rings. The topological polar surface area (TPSA) is 127 Å². The van der Waals surface area contributed by atoms with Gasteiger partial charge in [-0.15, -0.1) is 0 Å². The maximum absolute atomic E-state index is 10.5. The van der Waals surface area contributed by atoms with E-state index in [0.717, 1.165) is 6.20 Å². The lowest BCUT2D eigenvalue weighted by molar-refractivity contribution is -0.385. The Kier molecular flexibility index (Phi) is 6.09.